The number of rotatable bonds is 7. The highest BCUT2D eigenvalue weighted by molar-refractivity contribution is 5.75. The highest BCUT2D eigenvalue weighted by Gasteiger charge is 2.21. The van der Waals surface area contributed by atoms with Gasteiger partial charge in [0.25, 0.3) is 0 Å². The van der Waals surface area contributed by atoms with E-state index in [4.69, 9.17) is 4.74 Å². The predicted molar refractivity (Wildman–Crippen MR) is 67.3 cm³/mol. The minimum absolute atomic E-state index is 0.159. The van der Waals surface area contributed by atoms with Crippen LogP contribution in [0.1, 0.15) is 41.0 Å². The Hall–Kier alpha value is -0.570. The molecule has 0 radical (unpaired) electrons. The molecule has 16 heavy (non-hydrogen) atoms. The summed E-state index contributed by atoms with van der Waals surface area (Å²) in [4.78, 5) is 11.4. The summed E-state index contributed by atoms with van der Waals surface area (Å²) in [6.45, 7) is 11.8. The second-order valence-electron chi connectivity index (χ2n) is 5.04. The lowest BCUT2D eigenvalue weighted by molar-refractivity contribution is -0.143. The van der Waals surface area contributed by atoms with Crippen molar-refractivity contribution in [3.8, 4) is 0 Å². The zero-order valence-electron chi connectivity index (χ0n) is 11.5. The van der Waals surface area contributed by atoms with E-state index >= 15 is 0 Å². The standard InChI is InChI=1S/C13H27NO2/c1-7-12(13(15)16-6)14-8-11(9(2)3)10(4)5/h9-12,14H,7-8H2,1-6H3. The summed E-state index contributed by atoms with van der Waals surface area (Å²) in [7, 11) is 1.44. The molecule has 0 aromatic heterocycles. The quantitative estimate of drug-likeness (QED) is 0.681. The summed E-state index contributed by atoms with van der Waals surface area (Å²) < 4.78 is 4.76. The number of carbonyl (C=O) groups is 1. The van der Waals surface area contributed by atoms with Crippen LogP contribution < -0.4 is 5.32 Å². The van der Waals surface area contributed by atoms with E-state index in [-0.39, 0.29) is 12.0 Å². The van der Waals surface area contributed by atoms with Crippen molar-refractivity contribution in [2.45, 2.75) is 47.1 Å². The Bertz CT molecular complexity index is 194. The molecule has 0 aliphatic carbocycles. The van der Waals surface area contributed by atoms with E-state index in [1.54, 1.807) is 0 Å². The van der Waals surface area contributed by atoms with Gasteiger partial charge < -0.3 is 10.1 Å². The summed E-state index contributed by atoms with van der Waals surface area (Å²) >= 11 is 0. The zero-order chi connectivity index (χ0) is 12.7. The summed E-state index contributed by atoms with van der Waals surface area (Å²) in [6.07, 6.45) is 0.773. The van der Waals surface area contributed by atoms with E-state index in [2.05, 4.69) is 33.0 Å². The first-order valence-corrected chi connectivity index (χ1v) is 6.25. The molecule has 3 nitrogen and oxygen atoms in total. The number of ether oxygens (including phenoxy) is 1. The summed E-state index contributed by atoms with van der Waals surface area (Å²) in [5, 5.41) is 3.31. The number of methoxy groups -OCH3 is 1. The molecule has 3 heteroatoms. The molecule has 0 aliphatic heterocycles. The van der Waals surface area contributed by atoms with Crippen LogP contribution in [-0.2, 0) is 9.53 Å². The van der Waals surface area contributed by atoms with Gasteiger partial charge in [-0.25, -0.2) is 0 Å². The van der Waals surface area contributed by atoms with Gasteiger partial charge in [0.2, 0.25) is 0 Å². The van der Waals surface area contributed by atoms with Crippen LogP contribution in [0.4, 0.5) is 0 Å². The van der Waals surface area contributed by atoms with Crippen molar-refractivity contribution in [3.05, 3.63) is 0 Å². The molecule has 0 saturated heterocycles. The van der Waals surface area contributed by atoms with Gasteiger partial charge in [-0.05, 0) is 30.7 Å². The third kappa shape index (κ3) is 4.97. The van der Waals surface area contributed by atoms with Gasteiger partial charge in [0.15, 0.2) is 0 Å². The third-order valence-corrected chi connectivity index (χ3v) is 3.21. The van der Waals surface area contributed by atoms with Crippen LogP contribution in [0.25, 0.3) is 0 Å². The maximum absolute atomic E-state index is 11.4. The van der Waals surface area contributed by atoms with Gasteiger partial charge in [0, 0.05) is 0 Å². The average molecular weight is 229 g/mol. The van der Waals surface area contributed by atoms with Crippen LogP contribution in [0, 0.1) is 17.8 Å². The minimum atomic E-state index is -0.162. The second-order valence-corrected chi connectivity index (χ2v) is 5.04. The number of nitrogens with one attached hydrogen (secondary N) is 1. The second kappa shape index (κ2) is 7.66. The molecule has 1 atom stereocenters. The molecule has 0 fully saturated rings. The fourth-order valence-corrected chi connectivity index (χ4v) is 2.06. The SMILES string of the molecule is CCC(NCC(C(C)C)C(C)C)C(=O)OC. The number of carbonyl (C=O) groups excluding carboxylic acids is 1. The molecule has 0 spiro atoms. The van der Waals surface area contributed by atoms with Crippen molar-refractivity contribution < 1.29 is 9.53 Å². The minimum Gasteiger partial charge on any atom is -0.468 e. The highest BCUT2D eigenvalue weighted by atomic mass is 16.5. The van der Waals surface area contributed by atoms with Gasteiger partial charge in [-0.3, -0.25) is 4.79 Å². The lowest BCUT2D eigenvalue weighted by Crippen LogP contribution is -2.41. The van der Waals surface area contributed by atoms with E-state index in [9.17, 15) is 4.79 Å². The topological polar surface area (TPSA) is 38.3 Å². The molecular weight excluding hydrogens is 202 g/mol. The molecule has 0 heterocycles. The van der Waals surface area contributed by atoms with Gasteiger partial charge in [-0.1, -0.05) is 34.6 Å². The Morgan fingerprint density at radius 3 is 2.00 bits per heavy atom. The largest absolute Gasteiger partial charge is 0.468 e. The Kier molecular flexibility index (Phi) is 7.39. The van der Waals surface area contributed by atoms with Crippen molar-refractivity contribution in [2.24, 2.45) is 17.8 Å². The normalized spacial score (nSPS) is 13.6. The highest BCUT2D eigenvalue weighted by Crippen LogP contribution is 2.19. The molecule has 0 bridgehead atoms. The molecule has 96 valence electrons. The Morgan fingerprint density at radius 1 is 1.19 bits per heavy atom. The Balaban J connectivity index is 4.22. The first kappa shape index (κ1) is 15.4. The number of esters is 1. The summed E-state index contributed by atoms with van der Waals surface area (Å²) in [5.74, 6) is 1.69. The lowest BCUT2D eigenvalue weighted by Gasteiger charge is -2.27. The number of hydrogen-bond acceptors (Lipinski definition) is 3. The van der Waals surface area contributed by atoms with Gasteiger partial charge in [-0.15, -0.1) is 0 Å². The molecule has 0 aliphatic rings. The summed E-state index contributed by atoms with van der Waals surface area (Å²) in [5.41, 5.74) is 0. The van der Waals surface area contributed by atoms with Gasteiger partial charge in [0.1, 0.15) is 6.04 Å². The smallest absolute Gasteiger partial charge is 0.322 e. The average Bonchev–Trinajstić information content (AvgIpc) is 2.22. The lowest BCUT2D eigenvalue weighted by atomic mass is 9.85. The Morgan fingerprint density at radius 2 is 1.69 bits per heavy atom. The zero-order valence-corrected chi connectivity index (χ0v) is 11.5. The van der Waals surface area contributed by atoms with Crippen LogP contribution in [0.2, 0.25) is 0 Å². The molecule has 1 N–H and O–H groups in total. The molecule has 0 aromatic rings. The number of hydrogen-bond donors (Lipinski definition) is 1. The van der Waals surface area contributed by atoms with Crippen LogP contribution >= 0.6 is 0 Å². The van der Waals surface area contributed by atoms with Crippen LogP contribution in [0.15, 0.2) is 0 Å². The third-order valence-electron chi connectivity index (χ3n) is 3.21. The molecule has 0 aromatic carbocycles. The van der Waals surface area contributed by atoms with Crippen molar-refractivity contribution in [3.63, 3.8) is 0 Å². The van der Waals surface area contributed by atoms with Crippen LogP contribution in [-0.4, -0.2) is 25.7 Å². The van der Waals surface area contributed by atoms with E-state index in [0.29, 0.717) is 17.8 Å². The van der Waals surface area contributed by atoms with Crippen molar-refractivity contribution >= 4 is 5.97 Å². The molecule has 1 unspecified atom stereocenters. The van der Waals surface area contributed by atoms with E-state index in [1.807, 2.05) is 6.92 Å². The fraction of sp³-hybridized carbons (Fsp3) is 0.923. The van der Waals surface area contributed by atoms with Crippen molar-refractivity contribution in [1.82, 2.24) is 5.32 Å². The van der Waals surface area contributed by atoms with E-state index < -0.39 is 0 Å². The maximum atomic E-state index is 11.4. The van der Waals surface area contributed by atoms with Crippen molar-refractivity contribution in [2.75, 3.05) is 13.7 Å². The Labute approximate surface area is 99.9 Å². The fourth-order valence-electron chi connectivity index (χ4n) is 2.06. The van der Waals surface area contributed by atoms with Crippen LogP contribution in [0.3, 0.4) is 0 Å². The first-order chi connectivity index (χ1) is 7.43. The van der Waals surface area contributed by atoms with Gasteiger partial charge in [-0.2, -0.15) is 0 Å². The van der Waals surface area contributed by atoms with Gasteiger partial charge in [0.05, 0.1) is 7.11 Å². The van der Waals surface area contributed by atoms with Gasteiger partial charge >= 0.3 is 5.97 Å². The summed E-state index contributed by atoms with van der Waals surface area (Å²) in [6, 6.07) is -0.162. The van der Waals surface area contributed by atoms with Crippen molar-refractivity contribution in [1.29, 1.82) is 0 Å². The monoisotopic (exact) mass is 229 g/mol. The molecule has 0 rings (SSSR count). The predicted octanol–water partition coefficient (Wildman–Crippen LogP) is 2.46. The first-order valence-electron chi connectivity index (χ1n) is 6.25. The maximum Gasteiger partial charge on any atom is 0.322 e. The van der Waals surface area contributed by atoms with Crippen LogP contribution in [0.5, 0.6) is 0 Å². The molecular formula is C13H27NO2. The van der Waals surface area contributed by atoms with E-state index in [1.165, 1.54) is 7.11 Å². The molecule has 0 saturated carbocycles. The molecule has 0 amide bonds. The van der Waals surface area contributed by atoms with E-state index in [0.717, 1.165) is 13.0 Å².